The van der Waals surface area contributed by atoms with Gasteiger partial charge in [0.2, 0.25) is 11.7 Å². The third kappa shape index (κ3) is 2.75. The van der Waals surface area contributed by atoms with E-state index >= 15 is 0 Å². The topological polar surface area (TPSA) is 48.2 Å². The molecule has 2 atom stereocenters. The Morgan fingerprint density at radius 3 is 2.85 bits per heavy atom. The highest BCUT2D eigenvalue weighted by atomic mass is 16.5. The lowest BCUT2D eigenvalue weighted by Gasteiger charge is -2.05. The molecule has 0 aliphatic carbocycles. The molecular formula is C16H20N2O2. The smallest absolute Gasteiger partial charge is 0.231 e. The van der Waals surface area contributed by atoms with Crippen LogP contribution in [-0.4, -0.2) is 16.2 Å². The second-order valence-electron chi connectivity index (χ2n) is 5.67. The number of hydrogen-bond donors (Lipinski definition) is 0. The van der Waals surface area contributed by atoms with Crippen LogP contribution in [0.5, 0.6) is 0 Å². The van der Waals surface area contributed by atoms with E-state index in [0.29, 0.717) is 24.2 Å². The Morgan fingerprint density at radius 2 is 2.10 bits per heavy atom. The van der Waals surface area contributed by atoms with Crippen molar-refractivity contribution in [2.75, 3.05) is 0 Å². The number of aromatic nitrogens is 2. The highest BCUT2D eigenvalue weighted by Crippen LogP contribution is 2.30. The molecule has 106 valence electrons. The Hall–Kier alpha value is -1.68. The Morgan fingerprint density at radius 1 is 1.25 bits per heavy atom. The quantitative estimate of drug-likeness (QED) is 0.857. The zero-order chi connectivity index (χ0) is 14.1. The number of nitrogens with zero attached hydrogens (tertiary/aromatic N) is 2. The molecule has 2 heterocycles. The molecule has 0 bridgehead atoms. The molecule has 1 aliphatic rings. The van der Waals surface area contributed by atoms with Crippen molar-refractivity contribution < 1.29 is 9.26 Å². The number of hydrogen-bond acceptors (Lipinski definition) is 4. The Bertz CT molecular complexity index is 606. The summed E-state index contributed by atoms with van der Waals surface area (Å²) in [6.45, 7) is 6.28. The lowest BCUT2D eigenvalue weighted by molar-refractivity contribution is 0.0489. The van der Waals surface area contributed by atoms with E-state index in [1.807, 2.05) is 0 Å². The van der Waals surface area contributed by atoms with E-state index in [-0.39, 0.29) is 6.10 Å². The molecule has 2 unspecified atom stereocenters. The van der Waals surface area contributed by atoms with Gasteiger partial charge in [0.25, 0.3) is 0 Å². The maximum Gasteiger partial charge on any atom is 0.231 e. The summed E-state index contributed by atoms with van der Waals surface area (Å²) in [5.41, 5.74) is 3.74. The fraction of sp³-hybridized carbons (Fsp3) is 0.500. The van der Waals surface area contributed by atoms with Gasteiger partial charge in [-0.2, -0.15) is 4.98 Å². The minimum atomic E-state index is 0.00102. The number of aryl methyl sites for hydroxylation is 2. The van der Waals surface area contributed by atoms with Crippen LogP contribution >= 0.6 is 0 Å². The Labute approximate surface area is 119 Å². The van der Waals surface area contributed by atoms with Gasteiger partial charge in [0.1, 0.15) is 6.10 Å². The second-order valence-corrected chi connectivity index (χ2v) is 5.67. The fourth-order valence-electron chi connectivity index (χ4n) is 2.62. The highest BCUT2D eigenvalue weighted by Gasteiger charge is 2.27. The number of rotatable bonds is 3. The predicted octanol–water partition coefficient (Wildman–Crippen LogP) is 3.52. The van der Waals surface area contributed by atoms with Gasteiger partial charge in [-0.3, -0.25) is 0 Å². The van der Waals surface area contributed by atoms with Gasteiger partial charge in [-0.25, -0.2) is 0 Å². The molecule has 2 aromatic rings. The van der Waals surface area contributed by atoms with Crippen LogP contribution in [0.25, 0.3) is 0 Å². The van der Waals surface area contributed by atoms with Crippen molar-refractivity contribution in [1.82, 2.24) is 10.1 Å². The van der Waals surface area contributed by atoms with E-state index in [1.165, 1.54) is 16.7 Å². The van der Waals surface area contributed by atoms with Gasteiger partial charge < -0.3 is 9.26 Å². The first-order chi connectivity index (χ1) is 9.61. The first-order valence-electron chi connectivity index (χ1n) is 7.16. The molecule has 1 saturated heterocycles. The van der Waals surface area contributed by atoms with Crippen molar-refractivity contribution in [1.29, 1.82) is 0 Å². The molecule has 0 spiro atoms. The highest BCUT2D eigenvalue weighted by molar-refractivity contribution is 5.32. The molecule has 20 heavy (non-hydrogen) atoms. The van der Waals surface area contributed by atoms with E-state index in [9.17, 15) is 0 Å². The third-order valence-corrected chi connectivity index (χ3v) is 3.85. The molecule has 4 nitrogen and oxygen atoms in total. The average Bonchev–Trinajstić information content (AvgIpc) is 3.03. The first-order valence-corrected chi connectivity index (χ1v) is 7.16. The summed E-state index contributed by atoms with van der Waals surface area (Å²) in [7, 11) is 0. The van der Waals surface area contributed by atoms with Crippen LogP contribution in [0, 0.1) is 13.8 Å². The monoisotopic (exact) mass is 272 g/mol. The molecule has 1 aliphatic heterocycles. The SMILES string of the molecule is Cc1ccc(C)c(Cc2nc(C3CCC(C)O3)no2)c1. The molecule has 3 rings (SSSR count). The van der Waals surface area contributed by atoms with Crippen molar-refractivity contribution >= 4 is 0 Å². The van der Waals surface area contributed by atoms with Gasteiger partial charge in [0.05, 0.1) is 12.5 Å². The molecule has 1 aromatic heterocycles. The Kier molecular flexibility index (Phi) is 3.57. The number of ether oxygens (including phenoxy) is 1. The van der Waals surface area contributed by atoms with Crippen LogP contribution in [0.3, 0.4) is 0 Å². The minimum absolute atomic E-state index is 0.00102. The molecule has 0 saturated carbocycles. The summed E-state index contributed by atoms with van der Waals surface area (Å²) >= 11 is 0. The van der Waals surface area contributed by atoms with Gasteiger partial charge in [0.15, 0.2) is 0 Å². The molecular weight excluding hydrogens is 252 g/mol. The number of benzene rings is 1. The van der Waals surface area contributed by atoms with Crippen LogP contribution in [0.4, 0.5) is 0 Å². The van der Waals surface area contributed by atoms with Gasteiger partial charge in [-0.05, 0) is 44.7 Å². The lowest BCUT2D eigenvalue weighted by Crippen LogP contribution is -2.02. The molecule has 0 amide bonds. The molecule has 1 aromatic carbocycles. The van der Waals surface area contributed by atoms with Crippen LogP contribution in [-0.2, 0) is 11.2 Å². The van der Waals surface area contributed by atoms with Crippen LogP contribution < -0.4 is 0 Å². The summed E-state index contributed by atoms with van der Waals surface area (Å²) in [6.07, 6.45) is 3.01. The normalized spacial score (nSPS) is 22.4. The van der Waals surface area contributed by atoms with Crippen molar-refractivity contribution in [3.8, 4) is 0 Å². The molecule has 0 N–H and O–H groups in total. The van der Waals surface area contributed by atoms with Crippen LogP contribution in [0.2, 0.25) is 0 Å². The zero-order valence-corrected chi connectivity index (χ0v) is 12.2. The summed E-state index contributed by atoms with van der Waals surface area (Å²) in [6, 6.07) is 6.42. The van der Waals surface area contributed by atoms with Crippen molar-refractivity contribution in [2.24, 2.45) is 0 Å². The standard InChI is InChI=1S/C16H20N2O2/c1-10-4-5-11(2)13(8-10)9-15-17-16(18-20-15)14-7-6-12(3)19-14/h4-5,8,12,14H,6-7,9H2,1-3H3. The van der Waals surface area contributed by atoms with Gasteiger partial charge in [-0.1, -0.05) is 28.9 Å². The maximum atomic E-state index is 5.77. The van der Waals surface area contributed by atoms with Crippen molar-refractivity contribution in [2.45, 2.75) is 52.2 Å². The fourth-order valence-corrected chi connectivity index (χ4v) is 2.62. The Balaban J connectivity index is 1.75. The van der Waals surface area contributed by atoms with E-state index < -0.39 is 0 Å². The molecule has 4 heteroatoms. The predicted molar refractivity (Wildman–Crippen MR) is 75.5 cm³/mol. The second kappa shape index (κ2) is 5.37. The summed E-state index contributed by atoms with van der Waals surface area (Å²) in [5, 5.41) is 4.07. The van der Waals surface area contributed by atoms with E-state index in [2.05, 4.69) is 49.1 Å². The van der Waals surface area contributed by atoms with E-state index in [0.717, 1.165) is 12.8 Å². The molecule has 1 fully saturated rings. The maximum absolute atomic E-state index is 5.77. The third-order valence-electron chi connectivity index (χ3n) is 3.85. The van der Waals surface area contributed by atoms with E-state index in [4.69, 9.17) is 9.26 Å². The van der Waals surface area contributed by atoms with Crippen LogP contribution in [0.15, 0.2) is 22.7 Å². The average molecular weight is 272 g/mol. The summed E-state index contributed by atoms with van der Waals surface area (Å²) < 4.78 is 11.1. The summed E-state index contributed by atoms with van der Waals surface area (Å²) in [4.78, 5) is 4.49. The lowest BCUT2D eigenvalue weighted by atomic mass is 10.0. The van der Waals surface area contributed by atoms with Gasteiger partial charge in [-0.15, -0.1) is 0 Å². The van der Waals surface area contributed by atoms with Crippen molar-refractivity contribution in [3.05, 3.63) is 46.6 Å². The first kappa shape index (κ1) is 13.3. The minimum Gasteiger partial charge on any atom is -0.367 e. The van der Waals surface area contributed by atoms with Gasteiger partial charge in [0, 0.05) is 0 Å². The zero-order valence-electron chi connectivity index (χ0n) is 12.2. The summed E-state index contributed by atoms with van der Waals surface area (Å²) in [5.74, 6) is 1.35. The largest absolute Gasteiger partial charge is 0.367 e. The van der Waals surface area contributed by atoms with Crippen LogP contribution in [0.1, 0.15) is 54.3 Å². The van der Waals surface area contributed by atoms with Gasteiger partial charge >= 0.3 is 0 Å². The molecule has 0 radical (unpaired) electrons. The van der Waals surface area contributed by atoms with E-state index in [1.54, 1.807) is 0 Å². The van der Waals surface area contributed by atoms with Crippen molar-refractivity contribution in [3.63, 3.8) is 0 Å².